The van der Waals surface area contributed by atoms with E-state index < -0.39 is 5.41 Å². The smallest absolute Gasteiger partial charge is 0.237 e. The maximum atomic E-state index is 13.2. The normalized spacial score (nSPS) is 18.4. The minimum atomic E-state index is -0.859. The Hall–Kier alpha value is -3.20. The van der Waals surface area contributed by atoms with Crippen LogP contribution in [0.25, 0.3) is 11.1 Å². The second-order valence-electron chi connectivity index (χ2n) is 7.23. The first kappa shape index (κ1) is 17.2. The summed E-state index contributed by atoms with van der Waals surface area (Å²) in [5.74, 6) is -0.0528. The Kier molecular flexibility index (Phi) is 4.15. The highest BCUT2D eigenvalue weighted by molar-refractivity contribution is 6.13. The summed E-state index contributed by atoms with van der Waals surface area (Å²) in [6.45, 7) is 1.88. The number of para-hydroxylation sites is 1. The standard InChI is InChI=1S/C24H21NO2/c1-24(16-21(26)18-12-7-4-8-13-18)20-15-9-14-19(17-10-5-3-6-11-17)22(20)25(2)23(24)27/h3-15H,16H2,1-2H3. The van der Waals surface area contributed by atoms with E-state index in [9.17, 15) is 9.59 Å². The molecule has 27 heavy (non-hydrogen) atoms. The highest BCUT2D eigenvalue weighted by Crippen LogP contribution is 2.48. The van der Waals surface area contributed by atoms with E-state index in [1.165, 1.54) is 0 Å². The van der Waals surface area contributed by atoms with Gasteiger partial charge in [0.2, 0.25) is 5.91 Å². The van der Waals surface area contributed by atoms with E-state index in [0.29, 0.717) is 5.56 Å². The molecule has 134 valence electrons. The number of benzene rings is 3. The van der Waals surface area contributed by atoms with Crippen LogP contribution >= 0.6 is 0 Å². The summed E-state index contributed by atoms with van der Waals surface area (Å²) in [7, 11) is 1.80. The molecule has 0 N–H and O–H groups in total. The number of rotatable bonds is 4. The van der Waals surface area contributed by atoms with Crippen molar-refractivity contribution in [1.29, 1.82) is 0 Å². The van der Waals surface area contributed by atoms with Crippen molar-refractivity contribution in [3.05, 3.63) is 90.0 Å². The molecule has 1 heterocycles. The van der Waals surface area contributed by atoms with Crippen LogP contribution in [0.1, 0.15) is 29.3 Å². The van der Waals surface area contributed by atoms with E-state index in [4.69, 9.17) is 0 Å². The molecular weight excluding hydrogens is 334 g/mol. The summed E-state index contributed by atoms with van der Waals surface area (Å²) in [4.78, 5) is 27.8. The van der Waals surface area contributed by atoms with Gasteiger partial charge in [0, 0.05) is 24.6 Å². The molecule has 4 rings (SSSR count). The van der Waals surface area contributed by atoms with E-state index in [2.05, 4.69) is 0 Å². The highest BCUT2D eigenvalue weighted by atomic mass is 16.2. The molecule has 3 aromatic carbocycles. The minimum absolute atomic E-state index is 0.0159. The van der Waals surface area contributed by atoms with Crippen molar-refractivity contribution in [2.24, 2.45) is 0 Å². The maximum Gasteiger partial charge on any atom is 0.237 e. The van der Waals surface area contributed by atoms with Gasteiger partial charge in [0.15, 0.2) is 5.78 Å². The third-order valence-electron chi connectivity index (χ3n) is 5.44. The van der Waals surface area contributed by atoms with Crippen LogP contribution in [0.4, 0.5) is 5.69 Å². The summed E-state index contributed by atoms with van der Waals surface area (Å²) < 4.78 is 0. The van der Waals surface area contributed by atoms with Crippen molar-refractivity contribution in [2.75, 3.05) is 11.9 Å². The van der Waals surface area contributed by atoms with Crippen LogP contribution < -0.4 is 4.90 Å². The van der Waals surface area contributed by atoms with Crippen LogP contribution in [-0.2, 0) is 10.2 Å². The van der Waals surface area contributed by atoms with Crippen LogP contribution in [0.2, 0.25) is 0 Å². The predicted octanol–water partition coefficient (Wildman–Crippen LogP) is 4.86. The first-order valence-corrected chi connectivity index (χ1v) is 9.08. The fourth-order valence-corrected chi connectivity index (χ4v) is 4.01. The van der Waals surface area contributed by atoms with Crippen LogP contribution in [0.5, 0.6) is 0 Å². The Morgan fingerprint density at radius 2 is 1.52 bits per heavy atom. The molecule has 3 nitrogen and oxygen atoms in total. The molecule has 1 aliphatic heterocycles. The summed E-state index contributed by atoms with van der Waals surface area (Å²) in [6.07, 6.45) is 0.158. The summed E-state index contributed by atoms with van der Waals surface area (Å²) >= 11 is 0. The molecule has 0 fully saturated rings. The quantitative estimate of drug-likeness (QED) is 0.627. The van der Waals surface area contributed by atoms with Gasteiger partial charge in [-0.25, -0.2) is 0 Å². The zero-order valence-corrected chi connectivity index (χ0v) is 15.5. The number of carbonyl (C=O) groups excluding carboxylic acids is 2. The van der Waals surface area contributed by atoms with Gasteiger partial charge in [0.05, 0.1) is 11.1 Å². The Morgan fingerprint density at radius 1 is 0.889 bits per heavy atom. The van der Waals surface area contributed by atoms with Crippen LogP contribution in [0, 0.1) is 0 Å². The lowest BCUT2D eigenvalue weighted by atomic mass is 9.77. The largest absolute Gasteiger partial charge is 0.314 e. The third-order valence-corrected chi connectivity index (χ3v) is 5.44. The number of fused-ring (bicyclic) bond motifs is 1. The van der Waals surface area contributed by atoms with Crippen LogP contribution in [0.3, 0.4) is 0 Å². The first-order valence-electron chi connectivity index (χ1n) is 9.08. The molecule has 1 atom stereocenters. The molecular formula is C24H21NO2. The van der Waals surface area contributed by atoms with Gasteiger partial charge in [-0.3, -0.25) is 9.59 Å². The number of anilines is 1. The van der Waals surface area contributed by atoms with Gasteiger partial charge in [-0.05, 0) is 18.1 Å². The monoisotopic (exact) mass is 355 g/mol. The van der Waals surface area contributed by atoms with Crippen LogP contribution in [0.15, 0.2) is 78.9 Å². The minimum Gasteiger partial charge on any atom is -0.314 e. The third kappa shape index (κ3) is 2.76. The van der Waals surface area contributed by atoms with Gasteiger partial charge < -0.3 is 4.90 Å². The molecule has 0 saturated heterocycles. The van der Waals surface area contributed by atoms with Gasteiger partial charge >= 0.3 is 0 Å². The SMILES string of the molecule is CN1C(=O)C(C)(CC(=O)c2ccccc2)c2cccc(-c3ccccc3)c21. The molecule has 3 heteroatoms. The van der Waals surface area contributed by atoms with Crippen molar-refractivity contribution in [2.45, 2.75) is 18.8 Å². The number of hydrogen-bond donors (Lipinski definition) is 0. The zero-order valence-electron chi connectivity index (χ0n) is 15.5. The summed E-state index contributed by atoms with van der Waals surface area (Å²) in [6, 6.07) is 25.2. The average Bonchev–Trinajstić information content (AvgIpc) is 2.91. The van der Waals surface area contributed by atoms with E-state index >= 15 is 0 Å². The molecule has 0 spiro atoms. The van der Waals surface area contributed by atoms with E-state index in [-0.39, 0.29) is 18.1 Å². The zero-order chi connectivity index (χ0) is 19.0. The number of carbonyl (C=O) groups is 2. The van der Waals surface area contributed by atoms with Gasteiger partial charge in [0.1, 0.15) is 0 Å². The second kappa shape index (κ2) is 6.51. The van der Waals surface area contributed by atoms with Crippen molar-refractivity contribution in [1.82, 2.24) is 0 Å². The highest BCUT2D eigenvalue weighted by Gasteiger charge is 2.48. The number of hydrogen-bond acceptors (Lipinski definition) is 2. The molecule has 0 aromatic heterocycles. The number of amides is 1. The molecule has 0 radical (unpaired) electrons. The van der Waals surface area contributed by atoms with E-state index in [0.717, 1.165) is 22.4 Å². The summed E-state index contributed by atoms with van der Waals surface area (Å²) in [5, 5.41) is 0. The lowest BCUT2D eigenvalue weighted by Gasteiger charge is -2.22. The van der Waals surface area contributed by atoms with Crippen LogP contribution in [-0.4, -0.2) is 18.7 Å². The van der Waals surface area contributed by atoms with Crippen molar-refractivity contribution < 1.29 is 9.59 Å². The topological polar surface area (TPSA) is 37.4 Å². The van der Waals surface area contributed by atoms with Crippen molar-refractivity contribution in [3.8, 4) is 11.1 Å². The Balaban J connectivity index is 1.80. The number of ketones is 1. The Labute approximate surface area is 159 Å². The fraction of sp³-hybridized carbons (Fsp3) is 0.167. The predicted molar refractivity (Wildman–Crippen MR) is 108 cm³/mol. The van der Waals surface area contributed by atoms with Gasteiger partial charge in [0.25, 0.3) is 0 Å². The maximum absolute atomic E-state index is 13.2. The molecule has 0 saturated carbocycles. The summed E-state index contributed by atoms with van der Waals surface area (Å²) in [5.41, 5.74) is 3.67. The Morgan fingerprint density at radius 3 is 2.19 bits per heavy atom. The fourth-order valence-electron chi connectivity index (χ4n) is 4.01. The molecule has 1 amide bonds. The van der Waals surface area contributed by atoms with E-state index in [1.54, 1.807) is 24.1 Å². The molecule has 1 unspecified atom stereocenters. The lowest BCUT2D eigenvalue weighted by molar-refractivity contribution is -0.122. The number of nitrogens with zero attached hydrogens (tertiary/aromatic N) is 1. The van der Waals surface area contributed by atoms with E-state index in [1.807, 2.05) is 73.7 Å². The van der Waals surface area contributed by atoms with Gasteiger partial charge in [-0.2, -0.15) is 0 Å². The average molecular weight is 355 g/mol. The molecule has 3 aromatic rings. The number of Topliss-reactive ketones (excluding diaryl/α,β-unsaturated/α-hetero) is 1. The van der Waals surface area contributed by atoms with Crippen molar-refractivity contribution >= 4 is 17.4 Å². The number of likely N-dealkylation sites (N-methyl/N-ethyl adjacent to an activating group) is 1. The second-order valence-corrected chi connectivity index (χ2v) is 7.23. The lowest BCUT2D eigenvalue weighted by Crippen LogP contribution is -2.37. The van der Waals surface area contributed by atoms with Crippen molar-refractivity contribution in [3.63, 3.8) is 0 Å². The molecule has 1 aliphatic rings. The molecule has 0 aliphatic carbocycles. The van der Waals surface area contributed by atoms with Gasteiger partial charge in [-0.1, -0.05) is 78.9 Å². The first-order chi connectivity index (χ1) is 13.0. The Bertz CT molecular complexity index is 1010. The van der Waals surface area contributed by atoms with Gasteiger partial charge in [-0.15, -0.1) is 0 Å². The molecule has 0 bridgehead atoms.